The summed E-state index contributed by atoms with van der Waals surface area (Å²) < 4.78 is 27.0. The van der Waals surface area contributed by atoms with Crippen LogP contribution in [-0.4, -0.2) is 33.2 Å². The van der Waals surface area contributed by atoms with Gasteiger partial charge in [-0.3, -0.25) is 4.79 Å². The molecule has 7 nitrogen and oxygen atoms in total. The van der Waals surface area contributed by atoms with Gasteiger partial charge in [-0.15, -0.1) is 11.3 Å². The Kier molecular flexibility index (Phi) is 7.96. The van der Waals surface area contributed by atoms with Crippen LogP contribution in [0.5, 0.6) is 0 Å². The van der Waals surface area contributed by atoms with Crippen LogP contribution in [0.15, 0.2) is 51.8 Å². The minimum Gasteiger partial charge on any atom is -0.385 e. The lowest BCUT2D eigenvalue weighted by molar-refractivity contribution is -0.120. The molecule has 1 heterocycles. The van der Waals surface area contributed by atoms with Crippen molar-refractivity contribution < 1.29 is 18.0 Å². The highest BCUT2D eigenvalue weighted by atomic mass is 32.2. The van der Waals surface area contributed by atoms with Crippen LogP contribution in [0.3, 0.4) is 0 Å². The van der Waals surface area contributed by atoms with E-state index in [0.717, 1.165) is 17.7 Å². The number of unbranched alkanes of at least 4 members (excludes halogenated alkanes) is 1. The lowest BCUT2D eigenvalue weighted by atomic mass is 10.3. The molecule has 1 amide bonds. The van der Waals surface area contributed by atoms with E-state index in [0.29, 0.717) is 17.9 Å². The first-order valence-electron chi connectivity index (χ1n) is 8.52. The van der Waals surface area contributed by atoms with Gasteiger partial charge >= 0.3 is 0 Å². The second kappa shape index (κ2) is 10.2. The van der Waals surface area contributed by atoms with Crippen molar-refractivity contribution in [3.8, 4) is 0 Å². The lowest BCUT2D eigenvalue weighted by Gasteiger charge is -2.09. The van der Waals surface area contributed by atoms with E-state index >= 15 is 0 Å². The number of anilines is 1. The number of thiophene rings is 1. The molecule has 0 aliphatic carbocycles. The fourth-order valence-electron chi connectivity index (χ4n) is 2.12. The molecule has 9 heteroatoms. The zero-order valence-corrected chi connectivity index (χ0v) is 16.9. The normalized spacial score (nSPS) is 12.0. The van der Waals surface area contributed by atoms with Gasteiger partial charge in [-0.05, 0) is 43.0 Å². The summed E-state index contributed by atoms with van der Waals surface area (Å²) in [6.45, 7) is 3.89. The van der Waals surface area contributed by atoms with Gasteiger partial charge in [0.05, 0.1) is 15.5 Å². The number of benzene rings is 1. The van der Waals surface area contributed by atoms with E-state index in [1.165, 1.54) is 23.5 Å². The van der Waals surface area contributed by atoms with Gasteiger partial charge in [-0.25, -0.2) is 13.1 Å². The van der Waals surface area contributed by atoms with Crippen molar-refractivity contribution in [3.05, 3.63) is 46.7 Å². The van der Waals surface area contributed by atoms with E-state index in [4.69, 9.17) is 4.84 Å². The lowest BCUT2D eigenvalue weighted by Crippen LogP contribution is -2.25. The molecule has 1 aromatic carbocycles. The van der Waals surface area contributed by atoms with Gasteiger partial charge in [0.25, 0.3) is 5.91 Å². The third-order valence-electron chi connectivity index (χ3n) is 3.53. The summed E-state index contributed by atoms with van der Waals surface area (Å²) in [7, 11) is -3.60. The molecule has 0 saturated carbocycles. The minimum atomic E-state index is -3.60. The summed E-state index contributed by atoms with van der Waals surface area (Å²) in [6.07, 6.45) is 1.66. The molecule has 1 aromatic heterocycles. The van der Waals surface area contributed by atoms with Crippen LogP contribution in [-0.2, 0) is 19.7 Å². The summed E-state index contributed by atoms with van der Waals surface area (Å²) in [5.41, 5.74) is 1.06. The van der Waals surface area contributed by atoms with E-state index in [1.54, 1.807) is 19.1 Å². The second-order valence-electron chi connectivity index (χ2n) is 5.75. The molecule has 0 aliphatic heterocycles. The number of rotatable bonds is 10. The molecular formula is C18H23N3O4S2. The van der Waals surface area contributed by atoms with E-state index in [9.17, 15) is 13.2 Å². The predicted octanol–water partition coefficient (Wildman–Crippen LogP) is 3.21. The molecule has 0 fully saturated rings. The molecular weight excluding hydrogens is 386 g/mol. The van der Waals surface area contributed by atoms with Gasteiger partial charge in [0.1, 0.15) is 0 Å². The van der Waals surface area contributed by atoms with Crippen molar-refractivity contribution in [2.75, 3.05) is 18.5 Å². The molecule has 0 aliphatic rings. The maximum atomic E-state index is 12.2. The summed E-state index contributed by atoms with van der Waals surface area (Å²) >= 11 is 1.53. The van der Waals surface area contributed by atoms with Crippen LogP contribution in [0.1, 0.15) is 31.6 Å². The number of sulfonamides is 1. The maximum absolute atomic E-state index is 12.2. The summed E-state index contributed by atoms with van der Waals surface area (Å²) in [5, 5.41) is 8.44. The summed E-state index contributed by atoms with van der Waals surface area (Å²) in [6, 6.07) is 9.89. The molecule has 2 rings (SSSR count). The zero-order valence-electron chi connectivity index (χ0n) is 15.3. The topological polar surface area (TPSA) is 96.9 Å². The maximum Gasteiger partial charge on any atom is 0.265 e. The van der Waals surface area contributed by atoms with E-state index in [1.807, 2.05) is 24.4 Å². The number of nitrogens with one attached hydrogen (secondary N) is 2. The van der Waals surface area contributed by atoms with Gasteiger partial charge in [-0.2, -0.15) is 0 Å². The second-order valence-corrected chi connectivity index (χ2v) is 8.47. The number of nitrogens with zero attached hydrogens (tertiary/aromatic N) is 1. The quantitative estimate of drug-likeness (QED) is 0.358. The Labute approximate surface area is 163 Å². The number of hydrogen-bond donors (Lipinski definition) is 2. The molecule has 0 spiro atoms. The largest absolute Gasteiger partial charge is 0.385 e. The number of hydrogen-bond acceptors (Lipinski definition) is 6. The van der Waals surface area contributed by atoms with Crippen molar-refractivity contribution in [3.63, 3.8) is 0 Å². The monoisotopic (exact) mass is 409 g/mol. The highest BCUT2D eigenvalue weighted by Gasteiger charge is 2.14. The molecule has 0 atom stereocenters. The van der Waals surface area contributed by atoms with Gasteiger partial charge < -0.3 is 10.2 Å². The molecule has 0 unspecified atom stereocenters. The van der Waals surface area contributed by atoms with Gasteiger partial charge in [0.2, 0.25) is 10.0 Å². The SMILES string of the molecule is CCCCNS(=O)(=O)c1cccc(NC(=O)CO/N=C(/C)c2cccs2)c1. The van der Waals surface area contributed by atoms with Crippen LogP contribution >= 0.6 is 11.3 Å². The summed E-state index contributed by atoms with van der Waals surface area (Å²) in [5.74, 6) is -0.425. The molecule has 146 valence electrons. The Bertz CT molecular complexity index is 878. The van der Waals surface area contributed by atoms with Gasteiger partial charge in [-0.1, -0.05) is 30.6 Å². The summed E-state index contributed by atoms with van der Waals surface area (Å²) in [4.78, 5) is 18.1. The predicted molar refractivity (Wildman–Crippen MR) is 108 cm³/mol. The van der Waals surface area contributed by atoms with E-state index in [-0.39, 0.29) is 11.5 Å². The first-order valence-corrected chi connectivity index (χ1v) is 10.9. The van der Waals surface area contributed by atoms with E-state index < -0.39 is 15.9 Å². The van der Waals surface area contributed by atoms with Crippen molar-refractivity contribution in [1.29, 1.82) is 0 Å². The van der Waals surface area contributed by atoms with Gasteiger partial charge in [0.15, 0.2) is 6.61 Å². The minimum absolute atomic E-state index is 0.101. The molecule has 2 aromatic rings. The zero-order chi connectivity index (χ0) is 19.7. The first-order chi connectivity index (χ1) is 12.9. The van der Waals surface area contributed by atoms with Crippen LogP contribution in [0.2, 0.25) is 0 Å². The third kappa shape index (κ3) is 6.78. The van der Waals surface area contributed by atoms with Crippen molar-refractivity contribution in [1.82, 2.24) is 4.72 Å². The van der Waals surface area contributed by atoms with Crippen LogP contribution < -0.4 is 10.0 Å². The van der Waals surface area contributed by atoms with Crippen LogP contribution in [0.4, 0.5) is 5.69 Å². The van der Waals surface area contributed by atoms with Crippen molar-refractivity contribution >= 4 is 38.7 Å². The van der Waals surface area contributed by atoms with Crippen LogP contribution in [0, 0.1) is 0 Å². The van der Waals surface area contributed by atoms with Crippen LogP contribution in [0.25, 0.3) is 0 Å². The molecule has 27 heavy (non-hydrogen) atoms. The standard InChI is InChI=1S/C18H23N3O4S2/c1-3-4-10-19-27(23,24)16-8-5-7-15(12-16)20-18(22)13-25-21-14(2)17-9-6-11-26-17/h5-9,11-12,19H,3-4,10,13H2,1-2H3,(H,20,22)/b21-14-. The fraction of sp³-hybridized carbons (Fsp3) is 0.333. The highest BCUT2D eigenvalue weighted by molar-refractivity contribution is 7.89. The molecule has 0 bridgehead atoms. The smallest absolute Gasteiger partial charge is 0.265 e. The van der Waals surface area contributed by atoms with Gasteiger partial charge in [0, 0.05) is 12.2 Å². The Hall–Kier alpha value is -2.23. The van der Waals surface area contributed by atoms with E-state index in [2.05, 4.69) is 15.2 Å². The number of oxime groups is 1. The van der Waals surface area contributed by atoms with Crippen molar-refractivity contribution in [2.24, 2.45) is 5.16 Å². The Balaban J connectivity index is 1.91. The Morgan fingerprint density at radius 2 is 2.07 bits per heavy atom. The average molecular weight is 410 g/mol. The fourth-order valence-corrected chi connectivity index (χ4v) is 3.91. The molecule has 0 saturated heterocycles. The number of amides is 1. The Morgan fingerprint density at radius 3 is 2.78 bits per heavy atom. The first kappa shape index (κ1) is 21.1. The highest BCUT2D eigenvalue weighted by Crippen LogP contribution is 2.15. The Morgan fingerprint density at radius 1 is 1.26 bits per heavy atom. The molecule has 0 radical (unpaired) electrons. The molecule has 2 N–H and O–H groups in total. The van der Waals surface area contributed by atoms with Crippen molar-refractivity contribution in [2.45, 2.75) is 31.6 Å². The average Bonchev–Trinajstić information content (AvgIpc) is 3.17. The number of carbonyl (C=O) groups excluding carboxylic acids is 1. The number of carbonyl (C=O) groups is 1. The third-order valence-corrected chi connectivity index (χ3v) is 5.96.